The Hall–Kier alpha value is -3.47. The molecule has 2 amide bonds. The Bertz CT molecular complexity index is 1050. The number of hydrazone groups is 1. The second kappa shape index (κ2) is 7.03. The first-order valence-corrected chi connectivity index (χ1v) is 8.88. The van der Waals surface area contributed by atoms with Gasteiger partial charge in [0.1, 0.15) is 5.71 Å². The highest BCUT2D eigenvalue weighted by Crippen LogP contribution is 2.24. The van der Waals surface area contributed by atoms with E-state index in [0.29, 0.717) is 17.8 Å². The highest BCUT2D eigenvalue weighted by Gasteiger charge is 2.25. The molecular formula is C22H19N3O2. The Labute approximate surface area is 157 Å². The van der Waals surface area contributed by atoms with E-state index in [2.05, 4.69) is 10.4 Å². The minimum Gasteiger partial charge on any atom is -0.320 e. The average molecular weight is 357 g/mol. The number of hydrogen-bond donors (Lipinski definition) is 1. The number of carbonyl (C=O) groups is 2. The summed E-state index contributed by atoms with van der Waals surface area (Å²) in [6.45, 7) is 1.98. The molecule has 3 aromatic carbocycles. The molecule has 0 atom stereocenters. The molecule has 5 heteroatoms. The van der Waals surface area contributed by atoms with Crippen LogP contribution in [0, 0.1) is 6.92 Å². The number of hydrogen-bond acceptors (Lipinski definition) is 3. The summed E-state index contributed by atoms with van der Waals surface area (Å²) < 4.78 is 0. The molecule has 0 saturated carbocycles. The van der Waals surface area contributed by atoms with Crippen molar-refractivity contribution in [3.8, 4) is 0 Å². The fraction of sp³-hybridized carbons (Fsp3) is 0.136. The number of benzene rings is 3. The summed E-state index contributed by atoms with van der Waals surface area (Å²) in [4.78, 5) is 25.0. The van der Waals surface area contributed by atoms with E-state index in [9.17, 15) is 9.59 Å². The van der Waals surface area contributed by atoms with Gasteiger partial charge in [-0.15, -0.1) is 0 Å². The first-order chi connectivity index (χ1) is 13.1. The van der Waals surface area contributed by atoms with E-state index in [-0.39, 0.29) is 18.2 Å². The van der Waals surface area contributed by atoms with E-state index in [1.807, 2.05) is 73.7 Å². The smallest absolute Gasteiger partial charge is 0.271 e. The molecule has 1 aliphatic heterocycles. The molecule has 0 fully saturated rings. The number of fused-ring (bicyclic) bond motifs is 1. The van der Waals surface area contributed by atoms with Crippen molar-refractivity contribution in [2.75, 3.05) is 10.3 Å². The first kappa shape index (κ1) is 17.0. The summed E-state index contributed by atoms with van der Waals surface area (Å²) in [6.07, 6.45) is 0.591. The molecule has 1 aliphatic rings. The highest BCUT2D eigenvalue weighted by molar-refractivity contribution is 6.44. The van der Waals surface area contributed by atoms with E-state index >= 15 is 0 Å². The topological polar surface area (TPSA) is 61.8 Å². The van der Waals surface area contributed by atoms with E-state index in [1.54, 1.807) is 0 Å². The third-order valence-electron chi connectivity index (χ3n) is 4.61. The van der Waals surface area contributed by atoms with Crippen LogP contribution in [0.25, 0.3) is 10.8 Å². The van der Waals surface area contributed by atoms with Gasteiger partial charge in [-0.3, -0.25) is 9.59 Å². The molecule has 0 radical (unpaired) electrons. The second-order valence-corrected chi connectivity index (χ2v) is 6.57. The lowest BCUT2D eigenvalue weighted by Gasteiger charge is -2.23. The van der Waals surface area contributed by atoms with Gasteiger partial charge in [-0.25, -0.2) is 5.01 Å². The summed E-state index contributed by atoms with van der Waals surface area (Å²) in [5.41, 5.74) is 2.85. The zero-order chi connectivity index (χ0) is 18.8. The number of carbonyl (C=O) groups excluding carboxylic acids is 2. The maximum atomic E-state index is 12.8. The van der Waals surface area contributed by atoms with Gasteiger partial charge in [0, 0.05) is 23.9 Å². The van der Waals surface area contributed by atoms with Crippen LogP contribution in [0.2, 0.25) is 0 Å². The van der Waals surface area contributed by atoms with Crippen LogP contribution >= 0.6 is 0 Å². The lowest BCUT2D eigenvalue weighted by atomic mass is 10.1. The molecule has 3 aromatic rings. The molecule has 0 aromatic heterocycles. The first-order valence-electron chi connectivity index (χ1n) is 8.88. The molecular weight excluding hydrogens is 338 g/mol. The predicted molar refractivity (Wildman–Crippen MR) is 108 cm³/mol. The van der Waals surface area contributed by atoms with Crippen LogP contribution in [0.15, 0.2) is 71.8 Å². The molecule has 4 rings (SSSR count). The number of anilines is 2. The van der Waals surface area contributed by atoms with Crippen LogP contribution in [-0.2, 0) is 9.59 Å². The van der Waals surface area contributed by atoms with Gasteiger partial charge in [0.2, 0.25) is 5.91 Å². The summed E-state index contributed by atoms with van der Waals surface area (Å²) >= 11 is 0. The van der Waals surface area contributed by atoms with Crippen molar-refractivity contribution in [3.63, 3.8) is 0 Å². The van der Waals surface area contributed by atoms with Crippen LogP contribution in [0.5, 0.6) is 0 Å². The molecule has 0 saturated heterocycles. The van der Waals surface area contributed by atoms with Gasteiger partial charge in [-0.1, -0.05) is 54.1 Å². The lowest BCUT2D eigenvalue weighted by Crippen LogP contribution is -2.36. The minimum absolute atomic E-state index is 0.111. The summed E-state index contributed by atoms with van der Waals surface area (Å²) in [7, 11) is 0. The fourth-order valence-electron chi connectivity index (χ4n) is 3.13. The van der Waals surface area contributed by atoms with Crippen LogP contribution in [0.3, 0.4) is 0 Å². The van der Waals surface area contributed by atoms with Crippen LogP contribution in [0.4, 0.5) is 11.4 Å². The van der Waals surface area contributed by atoms with Crippen LogP contribution in [0.1, 0.15) is 18.4 Å². The third kappa shape index (κ3) is 3.44. The van der Waals surface area contributed by atoms with Gasteiger partial charge >= 0.3 is 0 Å². The lowest BCUT2D eigenvalue weighted by molar-refractivity contribution is -0.118. The van der Waals surface area contributed by atoms with Gasteiger partial charge in [0.25, 0.3) is 5.91 Å². The molecule has 0 spiro atoms. The quantitative estimate of drug-likeness (QED) is 0.761. The number of nitrogens with zero attached hydrogens (tertiary/aromatic N) is 2. The van der Waals surface area contributed by atoms with Crippen molar-refractivity contribution in [2.45, 2.75) is 19.8 Å². The van der Waals surface area contributed by atoms with Crippen LogP contribution < -0.4 is 10.3 Å². The molecule has 0 unspecified atom stereocenters. The number of amides is 2. The summed E-state index contributed by atoms with van der Waals surface area (Å²) in [5, 5.41) is 10.6. The minimum atomic E-state index is -0.282. The fourth-order valence-corrected chi connectivity index (χ4v) is 3.13. The van der Waals surface area contributed by atoms with Crippen molar-refractivity contribution in [2.24, 2.45) is 5.10 Å². The maximum Gasteiger partial charge on any atom is 0.271 e. The zero-order valence-corrected chi connectivity index (χ0v) is 15.0. The molecule has 5 nitrogen and oxygen atoms in total. The summed E-state index contributed by atoms with van der Waals surface area (Å²) in [6, 6.07) is 21.2. The Balaban J connectivity index is 1.61. The van der Waals surface area contributed by atoms with Crippen molar-refractivity contribution >= 4 is 39.7 Å². The molecule has 0 aliphatic carbocycles. The van der Waals surface area contributed by atoms with E-state index < -0.39 is 0 Å². The third-order valence-corrected chi connectivity index (χ3v) is 4.61. The Morgan fingerprint density at radius 2 is 1.70 bits per heavy atom. The van der Waals surface area contributed by atoms with Gasteiger partial charge in [0.05, 0.1) is 5.69 Å². The van der Waals surface area contributed by atoms with Gasteiger partial charge in [-0.2, -0.15) is 5.10 Å². The molecule has 27 heavy (non-hydrogen) atoms. The molecule has 1 N–H and O–H groups in total. The predicted octanol–water partition coefficient (Wildman–Crippen LogP) is 4.27. The molecule has 0 bridgehead atoms. The van der Waals surface area contributed by atoms with Crippen molar-refractivity contribution in [1.82, 2.24) is 0 Å². The SMILES string of the molecule is Cc1ccc(N2N=C(C(=O)Nc3cccc4ccccc34)CCC2=O)cc1. The molecule has 1 heterocycles. The van der Waals surface area contributed by atoms with Crippen molar-refractivity contribution < 1.29 is 9.59 Å². The zero-order valence-electron chi connectivity index (χ0n) is 15.0. The van der Waals surface area contributed by atoms with Crippen LogP contribution in [-0.4, -0.2) is 17.5 Å². The maximum absolute atomic E-state index is 12.8. The molecule has 134 valence electrons. The van der Waals surface area contributed by atoms with Gasteiger partial charge in [0.15, 0.2) is 0 Å². The van der Waals surface area contributed by atoms with Gasteiger partial charge in [-0.05, 0) is 30.5 Å². The number of rotatable bonds is 3. The number of nitrogens with one attached hydrogen (secondary N) is 1. The Morgan fingerprint density at radius 1 is 0.963 bits per heavy atom. The Morgan fingerprint density at radius 3 is 2.52 bits per heavy atom. The Kier molecular flexibility index (Phi) is 4.42. The standard InChI is InChI=1S/C22H19N3O2/c1-15-9-11-17(12-10-15)25-21(26)14-13-20(24-25)22(27)23-19-8-4-6-16-5-2-3-7-18(16)19/h2-12H,13-14H2,1H3,(H,23,27). The van der Waals surface area contributed by atoms with E-state index in [4.69, 9.17) is 0 Å². The number of aryl methyl sites for hydroxylation is 1. The average Bonchev–Trinajstić information content (AvgIpc) is 2.69. The monoisotopic (exact) mass is 357 g/mol. The van der Waals surface area contributed by atoms with Gasteiger partial charge < -0.3 is 5.32 Å². The van der Waals surface area contributed by atoms with Crippen molar-refractivity contribution in [1.29, 1.82) is 0 Å². The van der Waals surface area contributed by atoms with E-state index in [1.165, 1.54) is 5.01 Å². The van der Waals surface area contributed by atoms with E-state index in [0.717, 1.165) is 22.0 Å². The highest BCUT2D eigenvalue weighted by atomic mass is 16.2. The second-order valence-electron chi connectivity index (χ2n) is 6.57. The van der Waals surface area contributed by atoms with Crippen molar-refractivity contribution in [3.05, 3.63) is 72.3 Å². The largest absolute Gasteiger partial charge is 0.320 e. The summed E-state index contributed by atoms with van der Waals surface area (Å²) in [5.74, 6) is -0.392. The normalized spacial score (nSPS) is 14.2.